The summed E-state index contributed by atoms with van der Waals surface area (Å²) in [6.45, 7) is 10.8. The monoisotopic (exact) mass is 249 g/mol. The van der Waals surface area contributed by atoms with E-state index in [0.29, 0.717) is 12.0 Å². The van der Waals surface area contributed by atoms with E-state index in [4.69, 9.17) is 0 Å². The van der Waals surface area contributed by atoms with Crippen LogP contribution in [0.4, 0.5) is 4.39 Å². The minimum Gasteiger partial charge on any atom is -0.299 e. The first kappa shape index (κ1) is 13.5. The van der Waals surface area contributed by atoms with Crippen LogP contribution in [0.1, 0.15) is 44.7 Å². The molecule has 1 aliphatic carbocycles. The maximum Gasteiger partial charge on any atom is 0.127 e. The molecule has 1 saturated heterocycles. The molecule has 18 heavy (non-hydrogen) atoms. The third kappa shape index (κ3) is 2.18. The van der Waals surface area contributed by atoms with Crippen LogP contribution >= 0.6 is 0 Å². The molecule has 0 N–H and O–H groups in total. The van der Waals surface area contributed by atoms with Gasteiger partial charge in [-0.3, -0.25) is 4.90 Å². The van der Waals surface area contributed by atoms with Gasteiger partial charge in [0.05, 0.1) is 0 Å². The smallest absolute Gasteiger partial charge is 0.127 e. The Morgan fingerprint density at radius 2 is 1.83 bits per heavy atom. The summed E-state index contributed by atoms with van der Waals surface area (Å²) < 4.78 is 13.8. The van der Waals surface area contributed by atoms with E-state index in [1.165, 1.54) is 18.7 Å². The van der Waals surface area contributed by atoms with Gasteiger partial charge >= 0.3 is 0 Å². The Bertz CT molecular complexity index is 410. The Balaban J connectivity index is 0.000000574. The fourth-order valence-electron chi connectivity index (χ4n) is 3.33. The molecule has 1 fully saturated rings. The van der Waals surface area contributed by atoms with Crippen molar-refractivity contribution in [2.75, 3.05) is 13.1 Å². The quantitative estimate of drug-likeness (QED) is 0.731. The summed E-state index contributed by atoms with van der Waals surface area (Å²) in [6.07, 6.45) is 1.03. The van der Waals surface area contributed by atoms with E-state index in [1.54, 1.807) is 6.07 Å². The van der Waals surface area contributed by atoms with Crippen LogP contribution in [0.3, 0.4) is 0 Å². The minimum absolute atomic E-state index is 0.0129. The first-order chi connectivity index (χ1) is 8.66. The molecule has 1 heterocycles. The van der Waals surface area contributed by atoms with Gasteiger partial charge in [0.15, 0.2) is 0 Å². The second-order valence-corrected chi connectivity index (χ2v) is 5.43. The highest BCUT2D eigenvalue weighted by Crippen LogP contribution is 2.39. The molecule has 0 aromatic heterocycles. The molecule has 1 aromatic rings. The van der Waals surface area contributed by atoms with Crippen LogP contribution in [0.5, 0.6) is 0 Å². The van der Waals surface area contributed by atoms with Crippen molar-refractivity contribution in [1.29, 1.82) is 0 Å². The Hall–Kier alpha value is -0.890. The van der Waals surface area contributed by atoms with Crippen LogP contribution in [0.25, 0.3) is 0 Å². The Morgan fingerprint density at radius 1 is 1.17 bits per heavy atom. The first-order valence-electron chi connectivity index (χ1n) is 7.18. The van der Waals surface area contributed by atoms with E-state index >= 15 is 0 Å². The predicted octanol–water partition coefficient (Wildman–Crippen LogP) is 3.83. The summed E-state index contributed by atoms with van der Waals surface area (Å²) in [5.41, 5.74) is 2.18. The van der Waals surface area contributed by atoms with E-state index in [-0.39, 0.29) is 5.82 Å². The average molecular weight is 249 g/mol. The molecule has 1 aromatic carbocycles. The predicted molar refractivity (Wildman–Crippen MR) is 74.4 cm³/mol. The fourth-order valence-corrected chi connectivity index (χ4v) is 3.33. The van der Waals surface area contributed by atoms with Crippen LogP contribution in [-0.2, 0) is 6.42 Å². The molecule has 1 aliphatic heterocycles. The lowest BCUT2D eigenvalue weighted by molar-refractivity contribution is 0.0566. The zero-order valence-corrected chi connectivity index (χ0v) is 11.9. The normalized spacial score (nSPS) is 27.2. The molecule has 2 atom stereocenters. The number of likely N-dealkylation sites (tertiary alicyclic amines) is 1. The van der Waals surface area contributed by atoms with Crippen LogP contribution < -0.4 is 0 Å². The summed E-state index contributed by atoms with van der Waals surface area (Å²) in [5.74, 6) is 1.16. The molecule has 0 amide bonds. The van der Waals surface area contributed by atoms with Crippen molar-refractivity contribution in [1.82, 2.24) is 4.90 Å². The van der Waals surface area contributed by atoms with Gasteiger partial charge in [0.1, 0.15) is 5.82 Å². The number of benzene rings is 1. The van der Waals surface area contributed by atoms with Gasteiger partial charge in [-0.25, -0.2) is 4.39 Å². The molecule has 1 nitrogen and oxygen atoms in total. The number of hydrogen-bond donors (Lipinski definition) is 0. The van der Waals surface area contributed by atoms with Crippen molar-refractivity contribution in [3.63, 3.8) is 0 Å². The summed E-state index contributed by atoms with van der Waals surface area (Å²) >= 11 is 0. The Labute approximate surface area is 110 Å². The van der Waals surface area contributed by atoms with Gasteiger partial charge in [-0.1, -0.05) is 39.8 Å². The Morgan fingerprint density at radius 3 is 2.39 bits per heavy atom. The van der Waals surface area contributed by atoms with Crippen LogP contribution in [0, 0.1) is 11.7 Å². The number of hydrogen-bond acceptors (Lipinski definition) is 1. The van der Waals surface area contributed by atoms with Gasteiger partial charge in [0, 0.05) is 25.0 Å². The Kier molecular flexibility index (Phi) is 4.06. The molecular formula is C16H24FN. The van der Waals surface area contributed by atoms with Crippen LogP contribution in [-0.4, -0.2) is 24.0 Å². The summed E-state index contributed by atoms with van der Waals surface area (Å²) in [5, 5.41) is 0. The second kappa shape index (κ2) is 5.40. The van der Waals surface area contributed by atoms with E-state index in [2.05, 4.69) is 24.8 Å². The van der Waals surface area contributed by atoms with Crippen molar-refractivity contribution in [2.45, 2.75) is 46.1 Å². The van der Waals surface area contributed by atoms with Crippen LogP contribution in [0.2, 0.25) is 0 Å². The third-order valence-corrected chi connectivity index (χ3v) is 4.17. The molecule has 0 bridgehead atoms. The highest BCUT2D eigenvalue weighted by atomic mass is 19.1. The molecule has 2 aliphatic rings. The van der Waals surface area contributed by atoms with Gasteiger partial charge in [0.2, 0.25) is 0 Å². The largest absolute Gasteiger partial charge is 0.299 e. The number of rotatable bonds is 1. The van der Waals surface area contributed by atoms with Crippen molar-refractivity contribution in [3.8, 4) is 0 Å². The first-order valence-corrected chi connectivity index (χ1v) is 7.18. The zero-order valence-electron chi connectivity index (χ0n) is 11.9. The molecule has 0 unspecified atom stereocenters. The summed E-state index contributed by atoms with van der Waals surface area (Å²) in [7, 11) is 0. The maximum absolute atomic E-state index is 13.8. The van der Waals surface area contributed by atoms with Crippen molar-refractivity contribution < 1.29 is 4.39 Å². The molecule has 0 saturated carbocycles. The zero-order chi connectivity index (χ0) is 13.3. The van der Waals surface area contributed by atoms with Gasteiger partial charge in [-0.15, -0.1) is 0 Å². The molecule has 0 radical (unpaired) electrons. The number of nitrogens with zero attached hydrogens (tertiary/aromatic N) is 1. The van der Waals surface area contributed by atoms with Gasteiger partial charge in [-0.2, -0.15) is 0 Å². The van der Waals surface area contributed by atoms with Crippen molar-refractivity contribution in [2.24, 2.45) is 5.92 Å². The van der Waals surface area contributed by atoms with E-state index in [9.17, 15) is 4.39 Å². The lowest BCUT2D eigenvalue weighted by atomic mass is 9.93. The minimum atomic E-state index is -0.0129. The SMILES string of the molecule is CC.CC1CN([C@@H]2Cc3cccc(F)c3[C@H]2C)C1. The molecular weight excluding hydrogens is 225 g/mol. The topological polar surface area (TPSA) is 3.24 Å². The van der Waals surface area contributed by atoms with Crippen molar-refractivity contribution >= 4 is 0 Å². The van der Waals surface area contributed by atoms with Gasteiger partial charge in [-0.05, 0) is 29.5 Å². The van der Waals surface area contributed by atoms with E-state index in [1.807, 2.05) is 19.9 Å². The number of fused-ring (bicyclic) bond motifs is 1. The average Bonchev–Trinajstić information content (AvgIpc) is 2.67. The van der Waals surface area contributed by atoms with Crippen LogP contribution in [0.15, 0.2) is 18.2 Å². The fraction of sp³-hybridized carbons (Fsp3) is 0.625. The molecule has 2 heteroatoms. The van der Waals surface area contributed by atoms with Gasteiger partial charge < -0.3 is 0 Å². The van der Waals surface area contributed by atoms with E-state index in [0.717, 1.165) is 17.9 Å². The van der Waals surface area contributed by atoms with Crippen molar-refractivity contribution in [3.05, 3.63) is 35.1 Å². The molecule has 0 spiro atoms. The second-order valence-electron chi connectivity index (χ2n) is 5.43. The number of halogens is 1. The molecule has 3 rings (SSSR count). The highest BCUT2D eigenvalue weighted by Gasteiger charge is 2.39. The third-order valence-electron chi connectivity index (χ3n) is 4.17. The van der Waals surface area contributed by atoms with E-state index < -0.39 is 0 Å². The molecule has 100 valence electrons. The standard InChI is InChI=1S/C14H18FN.C2H6/c1-9-7-16(8-9)13-6-11-4-3-5-12(15)14(11)10(13)2;1-2/h3-5,9-10,13H,6-8H2,1-2H3;1-2H3/t10-,13+;/m0./s1. The highest BCUT2D eigenvalue weighted by molar-refractivity contribution is 5.38. The lowest BCUT2D eigenvalue weighted by Crippen LogP contribution is -2.52. The maximum atomic E-state index is 13.8. The van der Waals surface area contributed by atoms with Gasteiger partial charge in [0.25, 0.3) is 0 Å². The summed E-state index contributed by atoms with van der Waals surface area (Å²) in [6, 6.07) is 6.04. The summed E-state index contributed by atoms with van der Waals surface area (Å²) in [4.78, 5) is 2.51. The lowest BCUT2D eigenvalue weighted by Gasteiger charge is -2.43.